The van der Waals surface area contributed by atoms with Crippen LogP contribution in [-0.4, -0.2) is 31.0 Å². The van der Waals surface area contributed by atoms with Crippen molar-refractivity contribution >= 4 is 22.6 Å². The van der Waals surface area contributed by atoms with Crippen molar-refractivity contribution in [1.29, 1.82) is 0 Å². The Morgan fingerprint density at radius 3 is 2.86 bits per heavy atom. The number of carbonyl (C=O) groups excluding carboxylic acids is 1. The second kappa shape index (κ2) is 7.04. The molecule has 0 saturated carbocycles. The molecule has 0 aliphatic carbocycles. The predicted octanol–water partition coefficient (Wildman–Crippen LogP) is 1.66. The van der Waals surface area contributed by atoms with Gasteiger partial charge in [0.25, 0.3) is 0 Å². The predicted molar refractivity (Wildman–Crippen MR) is 86.2 cm³/mol. The number of aromatic nitrogens is 1. The number of nitrogens with one attached hydrogen (secondary N) is 1. The van der Waals surface area contributed by atoms with Gasteiger partial charge in [-0.2, -0.15) is 0 Å². The summed E-state index contributed by atoms with van der Waals surface area (Å²) in [7, 11) is 1.86. The van der Waals surface area contributed by atoms with Gasteiger partial charge in [0.2, 0.25) is 5.91 Å². The van der Waals surface area contributed by atoms with Crippen LogP contribution < -0.4 is 16.0 Å². The summed E-state index contributed by atoms with van der Waals surface area (Å²) in [4.78, 5) is 18.2. The number of hydrogen-bond donors (Lipinski definition) is 2. The third-order valence-electron chi connectivity index (χ3n) is 3.35. The Kier molecular flexibility index (Phi) is 5.11. The zero-order valence-electron chi connectivity index (χ0n) is 12.6. The number of rotatable bonds is 6. The van der Waals surface area contributed by atoms with Crippen molar-refractivity contribution in [3.05, 3.63) is 35.9 Å². The number of benzene rings is 1. The van der Waals surface area contributed by atoms with Crippen LogP contribution in [0.5, 0.6) is 0 Å². The molecule has 0 unspecified atom stereocenters. The summed E-state index contributed by atoms with van der Waals surface area (Å²) in [6.45, 7) is 3.47. The van der Waals surface area contributed by atoms with Gasteiger partial charge in [-0.15, -0.1) is 0 Å². The zero-order chi connectivity index (χ0) is 15.2. The lowest BCUT2D eigenvalue weighted by Crippen LogP contribution is -2.35. The Morgan fingerprint density at radius 2 is 2.14 bits per heavy atom. The normalized spacial score (nSPS) is 10.6. The minimum atomic E-state index is 0.00334. The van der Waals surface area contributed by atoms with E-state index < -0.39 is 0 Å². The fourth-order valence-corrected chi connectivity index (χ4v) is 2.21. The highest BCUT2D eigenvalue weighted by Crippen LogP contribution is 2.21. The third-order valence-corrected chi connectivity index (χ3v) is 3.35. The number of nitrogens with two attached hydrogens (primary N) is 1. The van der Waals surface area contributed by atoms with Crippen LogP contribution in [0.15, 0.2) is 30.3 Å². The Balaban J connectivity index is 2.23. The van der Waals surface area contributed by atoms with Gasteiger partial charge in [0.05, 0.1) is 12.1 Å². The molecule has 0 bridgehead atoms. The monoisotopic (exact) mass is 286 g/mol. The van der Waals surface area contributed by atoms with E-state index in [4.69, 9.17) is 5.73 Å². The highest BCUT2D eigenvalue weighted by Gasteiger charge is 2.11. The minimum Gasteiger partial charge on any atom is -0.355 e. The number of carbonyl (C=O) groups is 1. The van der Waals surface area contributed by atoms with Gasteiger partial charge < -0.3 is 16.0 Å². The first-order valence-electron chi connectivity index (χ1n) is 7.22. The molecule has 21 heavy (non-hydrogen) atoms. The number of fused-ring (bicyclic) bond motifs is 1. The van der Waals surface area contributed by atoms with Crippen LogP contribution in [0.4, 0.5) is 5.82 Å². The second-order valence-corrected chi connectivity index (χ2v) is 5.07. The molecule has 0 spiro atoms. The Morgan fingerprint density at radius 1 is 1.38 bits per heavy atom. The number of likely N-dealkylation sites (N-methyl/N-ethyl adjacent to an activating group) is 1. The van der Waals surface area contributed by atoms with E-state index in [9.17, 15) is 4.79 Å². The van der Waals surface area contributed by atoms with E-state index in [-0.39, 0.29) is 12.5 Å². The van der Waals surface area contributed by atoms with Gasteiger partial charge in [-0.05, 0) is 24.1 Å². The van der Waals surface area contributed by atoms with Gasteiger partial charge in [-0.3, -0.25) is 4.79 Å². The summed E-state index contributed by atoms with van der Waals surface area (Å²) < 4.78 is 0. The molecule has 0 fully saturated rings. The van der Waals surface area contributed by atoms with Crippen molar-refractivity contribution in [3.63, 3.8) is 0 Å². The maximum absolute atomic E-state index is 11.8. The van der Waals surface area contributed by atoms with Crippen molar-refractivity contribution in [2.75, 3.05) is 25.0 Å². The number of para-hydroxylation sites is 1. The maximum atomic E-state index is 11.8. The van der Waals surface area contributed by atoms with Gasteiger partial charge >= 0.3 is 0 Å². The van der Waals surface area contributed by atoms with E-state index >= 15 is 0 Å². The molecule has 0 aliphatic rings. The van der Waals surface area contributed by atoms with Crippen molar-refractivity contribution in [2.45, 2.75) is 19.9 Å². The summed E-state index contributed by atoms with van der Waals surface area (Å²) in [6, 6.07) is 9.86. The van der Waals surface area contributed by atoms with E-state index in [0.717, 1.165) is 28.7 Å². The lowest BCUT2D eigenvalue weighted by molar-refractivity contribution is -0.119. The summed E-state index contributed by atoms with van der Waals surface area (Å²) in [5.74, 6) is 0.768. The second-order valence-electron chi connectivity index (χ2n) is 5.07. The van der Waals surface area contributed by atoms with Crippen molar-refractivity contribution in [2.24, 2.45) is 5.73 Å². The van der Waals surface area contributed by atoms with Crippen molar-refractivity contribution in [1.82, 2.24) is 10.3 Å². The van der Waals surface area contributed by atoms with E-state index in [0.29, 0.717) is 13.1 Å². The first-order valence-corrected chi connectivity index (χ1v) is 7.22. The molecular formula is C16H22N4O. The molecule has 112 valence electrons. The molecular weight excluding hydrogens is 264 g/mol. The number of nitrogens with zero attached hydrogens (tertiary/aromatic N) is 2. The fourth-order valence-electron chi connectivity index (χ4n) is 2.21. The average molecular weight is 286 g/mol. The molecule has 5 heteroatoms. The van der Waals surface area contributed by atoms with Crippen LogP contribution in [0, 0.1) is 0 Å². The molecule has 1 heterocycles. The van der Waals surface area contributed by atoms with Gasteiger partial charge in [0.15, 0.2) is 0 Å². The summed E-state index contributed by atoms with van der Waals surface area (Å²) in [6.07, 6.45) is 0.932. The zero-order valence-corrected chi connectivity index (χ0v) is 12.6. The first kappa shape index (κ1) is 15.3. The topological polar surface area (TPSA) is 71.2 Å². The lowest BCUT2D eigenvalue weighted by Gasteiger charge is -2.19. The molecule has 1 aromatic carbocycles. The third kappa shape index (κ3) is 3.70. The van der Waals surface area contributed by atoms with Crippen molar-refractivity contribution < 1.29 is 4.79 Å². The molecule has 5 nitrogen and oxygen atoms in total. The SMILES string of the molecule is CCCNC(=O)CN(C)c1cc(CN)c2ccccc2n1. The maximum Gasteiger partial charge on any atom is 0.239 e. The minimum absolute atomic E-state index is 0.00334. The van der Waals surface area contributed by atoms with Crippen molar-refractivity contribution in [3.8, 4) is 0 Å². The number of amides is 1. The average Bonchev–Trinajstić information content (AvgIpc) is 2.51. The summed E-state index contributed by atoms with van der Waals surface area (Å²) in [5.41, 5.74) is 7.76. The van der Waals surface area contributed by atoms with Gasteiger partial charge in [-0.25, -0.2) is 4.98 Å². The first-order chi connectivity index (χ1) is 10.2. The molecule has 2 aromatic rings. The molecule has 3 N–H and O–H groups in total. The van der Waals surface area contributed by atoms with E-state index in [2.05, 4.69) is 10.3 Å². The van der Waals surface area contributed by atoms with Gasteiger partial charge in [0, 0.05) is 25.5 Å². The highest BCUT2D eigenvalue weighted by molar-refractivity contribution is 5.85. The standard InChI is InChI=1S/C16H22N4O/c1-3-8-18-16(21)11-20(2)15-9-12(10-17)13-6-4-5-7-14(13)19-15/h4-7,9H,3,8,10-11,17H2,1-2H3,(H,18,21). The number of hydrogen-bond acceptors (Lipinski definition) is 4. The molecule has 0 radical (unpaired) electrons. The van der Waals surface area contributed by atoms with Crippen LogP contribution in [0.3, 0.4) is 0 Å². The van der Waals surface area contributed by atoms with Gasteiger partial charge in [-0.1, -0.05) is 25.1 Å². The molecule has 0 aliphatic heterocycles. The molecule has 0 saturated heterocycles. The van der Waals surface area contributed by atoms with Crippen LogP contribution in [0.25, 0.3) is 10.9 Å². The molecule has 2 rings (SSSR count). The lowest BCUT2D eigenvalue weighted by atomic mass is 10.1. The number of pyridine rings is 1. The fraction of sp³-hybridized carbons (Fsp3) is 0.375. The number of anilines is 1. The summed E-state index contributed by atoms with van der Waals surface area (Å²) in [5, 5.41) is 3.93. The van der Waals surface area contributed by atoms with Gasteiger partial charge in [0.1, 0.15) is 5.82 Å². The highest BCUT2D eigenvalue weighted by atomic mass is 16.2. The molecule has 0 atom stereocenters. The van der Waals surface area contributed by atoms with E-state index in [1.165, 1.54) is 0 Å². The smallest absolute Gasteiger partial charge is 0.239 e. The Labute approximate surface area is 125 Å². The van der Waals surface area contributed by atoms with Crippen LogP contribution in [0.1, 0.15) is 18.9 Å². The van der Waals surface area contributed by atoms with Crippen LogP contribution >= 0.6 is 0 Å². The quantitative estimate of drug-likeness (QED) is 0.847. The van der Waals surface area contributed by atoms with Crippen LogP contribution in [-0.2, 0) is 11.3 Å². The van der Waals surface area contributed by atoms with E-state index in [1.807, 2.05) is 49.2 Å². The molecule has 1 amide bonds. The van der Waals surface area contributed by atoms with E-state index in [1.54, 1.807) is 0 Å². The Hall–Kier alpha value is -2.14. The summed E-state index contributed by atoms with van der Waals surface area (Å²) >= 11 is 0. The largest absolute Gasteiger partial charge is 0.355 e. The van der Waals surface area contributed by atoms with Crippen LogP contribution in [0.2, 0.25) is 0 Å². The molecule has 1 aromatic heterocycles. The Bertz CT molecular complexity index is 627.